The van der Waals surface area contributed by atoms with Crippen molar-refractivity contribution in [2.45, 2.75) is 44.2 Å². The van der Waals surface area contributed by atoms with E-state index in [1.807, 2.05) is 4.90 Å². The van der Waals surface area contributed by atoms with Gasteiger partial charge in [0.15, 0.2) is 0 Å². The molecule has 1 amide bonds. The summed E-state index contributed by atoms with van der Waals surface area (Å²) in [5.41, 5.74) is 5.80. The van der Waals surface area contributed by atoms with Crippen molar-refractivity contribution in [2.75, 3.05) is 19.7 Å². The van der Waals surface area contributed by atoms with Crippen molar-refractivity contribution >= 4 is 5.91 Å². The van der Waals surface area contributed by atoms with Crippen molar-refractivity contribution in [1.29, 1.82) is 0 Å². The summed E-state index contributed by atoms with van der Waals surface area (Å²) in [4.78, 5) is 13.8. The number of nitrogens with zero attached hydrogens (tertiary/aromatic N) is 1. The molecule has 0 aromatic heterocycles. The Morgan fingerprint density at radius 1 is 1.33 bits per heavy atom. The van der Waals surface area contributed by atoms with E-state index in [1.54, 1.807) is 0 Å². The minimum absolute atomic E-state index is 0.174. The Hall–Kier alpha value is -0.610. The van der Waals surface area contributed by atoms with E-state index in [0.29, 0.717) is 6.42 Å². The minimum atomic E-state index is 0.174. The van der Waals surface area contributed by atoms with Crippen molar-refractivity contribution in [2.24, 2.45) is 5.73 Å². The summed E-state index contributed by atoms with van der Waals surface area (Å²) in [5.74, 6) is 0.244. The maximum atomic E-state index is 11.9. The third kappa shape index (κ3) is 2.92. The third-order valence-electron chi connectivity index (χ3n) is 3.32. The van der Waals surface area contributed by atoms with E-state index in [4.69, 9.17) is 10.5 Å². The highest BCUT2D eigenvalue weighted by atomic mass is 16.5. The number of likely N-dealkylation sites (tertiary alicyclic amines) is 1. The van der Waals surface area contributed by atoms with Crippen molar-refractivity contribution in [3.63, 3.8) is 0 Å². The molecule has 2 N–H and O–H groups in total. The zero-order valence-corrected chi connectivity index (χ0v) is 9.15. The van der Waals surface area contributed by atoms with Gasteiger partial charge in [-0.05, 0) is 25.7 Å². The molecule has 0 aliphatic carbocycles. The minimum Gasteiger partial charge on any atom is -0.378 e. The smallest absolute Gasteiger partial charge is 0.225 e. The zero-order valence-electron chi connectivity index (χ0n) is 9.15. The van der Waals surface area contributed by atoms with E-state index in [-0.39, 0.29) is 18.1 Å². The molecule has 15 heavy (non-hydrogen) atoms. The van der Waals surface area contributed by atoms with Gasteiger partial charge in [0.25, 0.3) is 0 Å². The van der Waals surface area contributed by atoms with Gasteiger partial charge in [0.2, 0.25) is 5.91 Å². The van der Waals surface area contributed by atoms with Gasteiger partial charge in [-0.3, -0.25) is 4.79 Å². The van der Waals surface area contributed by atoms with Crippen LogP contribution in [0.25, 0.3) is 0 Å². The lowest BCUT2D eigenvalue weighted by Gasteiger charge is -2.30. The normalized spacial score (nSPS) is 28.3. The fraction of sp³-hybridized carbons (Fsp3) is 0.909. The zero-order chi connectivity index (χ0) is 10.7. The molecule has 0 spiro atoms. The Balaban J connectivity index is 1.75. The lowest BCUT2D eigenvalue weighted by Crippen LogP contribution is -2.43. The first-order chi connectivity index (χ1) is 7.25. The Labute approximate surface area is 90.8 Å². The number of piperidine rings is 1. The average Bonchev–Trinajstić information content (AvgIpc) is 2.71. The SMILES string of the molecule is NC1CCN(C(=O)CC2CCCO2)CC1. The number of carbonyl (C=O) groups excluding carboxylic acids is 1. The molecule has 2 saturated heterocycles. The summed E-state index contributed by atoms with van der Waals surface area (Å²) in [6.07, 6.45) is 4.76. The summed E-state index contributed by atoms with van der Waals surface area (Å²) in [7, 11) is 0. The third-order valence-corrected chi connectivity index (χ3v) is 3.32. The highest BCUT2D eigenvalue weighted by molar-refractivity contribution is 5.76. The van der Waals surface area contributed by atoms with E-state index in [0.717, 1.165) is 45.4 Å². The van der Waals surface area contributed by atoms with E-state index >= 15 is 0 Å². The Kier molecular flexibility index (Phi) is 3.59. The van der Waals surface area contributed by atoms with Crippen LogP contribution in [-0.4, -0.2) is 42.6 Å². The molecule has 1 unspecified atom stereocenters. The second kappa shape index (κ2) is 4.94. The molecule has 0 saturated carbocycles. The van der Waals surface area contributed by atoms with E-state index in [2.05, 4.69) is 0 Å². The summed E-state index contributed by atoms with van der Waals surface area (Å²) in [6.45, 7) is 2.47. The van der Waals surface area contributed by atoms with Gasteiger partial charge >= 0.3 is 0 Å². The van der Waals surface area contributed by atoms with Gasteiger partial charge in [0.1, 0.15) is 0 Å². The molecule has 0 aromatic carbocycles. The molecule has 2 aliphatic heterocycles. The van der Waals surface area contributed by atoms with Gasteiger partial charge in [-0.25, -0.2) is 0 Å². The monoisotopic (exact) mass is 212 g/mol. The molecule has 86 valence electrons. The van der Waals surface area contributed by atoms with E-state index < -0.39 is 0 Å². The average molecular weight is 212 g/mol. The summed E-state index contributed by atoms with van der Waals surface area (Å²) >= 11 is 0. The molecule has 2 aliphatic rings. The first-order valence-corrected chi connectivity index (χ1v) is 5.90. The van der Waals surface area contributed by atoms with Crippen LogP contribution in [0.4, 0.5) is 0 Å². The maximum absolute atomic E-state index is 11.9. The maximum Gasteiger partial charge on any atom is 0.225 e. The number of ether oxygens (including phenoxy) is 1. The lowest BCUT2D eigenvalue weighted by atomic mass is 10.0. The number of nitrogens with two attached hydrogens (primary N) is 1. The molecule has 0 radical (unpaired) electrons. The molecule has 0 aromatic rings. The van der Waals surface area contributed by atoms with Crippen LogP contribution in [0.5, 0.6) is 0 Å². The molecule has 2 rings (SSSR count). The summed E-state index contributed by atoms with van der Waals surface area (Å²) in [5, 5.41) is 0. The molecule has 2 heterocycles. The second-order valence-corrected chi connectivity index (χ2v) is 4.56. The van der Waals surface area contributed by atoms with Crippen LogP contribution in [0.15, 0.2) is 0 Å². The summed E-state index contributed by atoms with van der Waals surface area (Å²) in [6, 6.07) is 0.289. The molecule has 4 heteroatoms. The van der Waals surface area contributed by atoms with Crippen molar-refractivity contribution in [3.8, 4) is 0 Å². The first-order valence-electron chi connectivity index (χ1n) is 5.90. The van der Waals surface area contributed by atoms with Crippen LogP contribution >= 0.6 is 0 Å². The molecular weight excluding hydrogens is 192 g/mol. The highest BCUT2D eigenvalue weighted by Crippen LogP contribution is 2.18. The lowest BCUT2D eigenvalue weighted by molar-refractivity contribution is -0.134. The predicted octanol–water partition coefficient (Wildman–Crippen LogP) is 0.505. The molecule has 0 bridgehead atoms. The fourth-order valence-corrected chi connectivity index (χ4v) is 2.28. The van der Waals surface area contributed by atoms with E-state index in [9.17, 15) is 4.79 Å². The topological polar surface area (TPSA) is 55.6 Å². The van der Waals surface area contributed by atoms with Crippen molar-refractivity contribution in [1.82, 2.24) is 4.90 Å². The number of hydrogen-bond acceptors (Lipinski definition) is 3. The van der Waals surface area contributed by atoms with Gasteiger partial charge in [-0.2, -0.15) is 0 Å². The van der Waals surface area contributed by atoms with Crippen molar-refractivity contribution in [3.05, 3.63) is 0 Å². The number of amides is 1. The number of rotatable bonds is 2. The standard InChI is InChI=1S/C11H20N2O2/c12-9-3-5-13(6-4-9)11(14)8-10-2-1-7-15-10/h9-10H,1-8,12H2. The Morgan fingerprint density at radius 3 is 2.67 bits per heavy atom. The quantitative estimate of drug-likeness (QED) is 0.725. The Morgan fingerprint density at radius 2 is 2.07 bits per heavy atom. The molecule has 4 nitrogen and oxygen atoms in total. The second-order valence-electron chi connectivity index (χ2n) is 4.56. The predicted molar refractivity (Wildman–Crippen MR) is 57.4 cm³/mol. The van der Waals surface area contributed by atoms with Crippen LogP contribution in [0.1, 0.15) is 32.1 Å². The van der Waals surface area contributed by atoms with E-state index in [1.165, 1.54) is 0 Å². The highest BCUT2D eigenvalue weighted by Gasteiger charge is 2.25. The van der Waals surface area contributed by atoms with Crippen LogP contribution in [0.3, 0.4) is 0 Å². The molecule has 1 atom stereocenters. The number of carbonyl (C=O) groups is 1. The van der Waals surface area contributed by atoms with Gasteiger partial charge < -0.3 is 15.4 Å². The van der Waals surface area contributed by atoms with Crippen LogP contribution in [-0.2, 0) is 9.53 Å². The summed E-state index contributed by atoms with van der Waals surface area (Å²) < 4.78 is 5.46. The molecular formula is C11H20N2O2. The Bertz CT molecular complexity index is 219. The van der Waals surface area contributed by atoms with Gasteiger partial charge in [0, 0.05) is 25.7 Å². The van der Waals surface area contributed by atoms with Crippen LogP contribution in [0.2, 0.25) is 0 Å². The van der Waals surface area contributed by atoms with Crippen molar-refractivity contribution < 1.29 is 9.53 Å². The fourth-order valence-electron chi connectivity index (χ4n) is 2.28. The largest absolute Gasteiger partial charge is 0.378 e. The molecule has 2 fully saturated rings. The van der Waals surface area contributed by atoms with Gasteiger partial charge in [0.05, 0.1) is 12.5 Å². The van der Waals surface area contributed by atoms with Crippen LogP contribution in [0, 0.1) is 0 Å². The van der Waals surface area contributed by atoms with Gasteiger partial charge in [-0.1, -0.05) is 0 Å². The first kappa shape index (κ1) is 10.9. The number of hydrogen-bond donors (Lipinski definition) is 1. The van der Waals surface area contributed by atoms with Crippen LogP contribution < -0.4 is 5.73 Å². The van der Waals surface area contributed by atoms with Gasteiger partial charge in [-0.15, -0.1) is 0 Å².